The highest BCUT2D eigenvalue weighted by Gasteiger charge is 2.15. The lowest BCUT2D eigenvalue weighted by atomic mass is 10.2. The molecule has 0 aliphatic carbocycles. The molecule has 0 radical (unpaired) electrons. The van der Waals surface area contributed by atoms with Gasteiger partial charge in [-0.1, -0.05) is 18.2 Å². The molecule has 1 amide bonds. The van der Waals surface area contributed by atoms with Crippen molar-refractivity contribution in [1.82, 2.24) is 9.99 Å². The molecule has 0 spiro atoms. The van der Waals surface area contributed by atoms with Gasteiger partial charge >= 0.3 is 0 Å². The average Bonchev–Trinajstić information content (AvgIpc) is 3.23. The molecule has 2 heterocycles. The molecule has 25 heavy (non-hydrogen) atoms. The van der Waals surface area contributed by atoms with E-state index in [1.165, 1.54) is 6.21 Å². The van der Waals surface area contributed by atoms with Gasteiger partial charge in [-0.2, -0.15) is 5.10 Å². The van der Waals surface area contributed by atoms with Crippen molar-refractivity contribution < 1.29 is 9.21 Å². The fourth-order valence-corrected chi connectivity index (χ4v) is 2.69. The Morgan fingerprint density at radius 3 is 2.68 bits per heavy atom. The van der Waals surface area contributed by atoms with Gasteiger partial charge in [0, 0.05) is 23.3 Å². The lowest BCUT2D eigenvalue weighted by molar-refractivity contribution is 0.0954. The van der Waals surface area contributed by atoms with Crippen LogP contribution < -0.4 is 5.43 Å². The summed E-state index contributed by atoms with van der Waals surface area (Å²) in [5.41, 5.74) is 6.05. The van der Waals surface area contributed by atoms with Crippen LogP contribution >= 0.6 is 0 Å². The summed E-state index contributed by atoms with van der Waals surface area (Å²) in [7, 11) is 0. The fourth-order valence-electron chi connectivity index (χ4n) is 2.69. The second kappa shape index (κ2) is 7.49. The van der Waals surface area contributed by atoms with Gasteiger partial charge in [0.15, 0.2) is 0 Å². The molecule has 0 fully saturated rings. The molecule has 126 valence electrons. The Bertz CT molecular complexity index is 904. The number of hydrogen-bond donors (Lipinski definition) is 1. The van der Waals surface area contributed by atoms with Gasteiger partial charge in [0.25, 0.3) is 5.91 Å². The molecule has 2 aromatic heterocycles. The van der Waals surface area contributed by atoms with Gasteiger partial charge in [0.1, 0.15) is 5.76 Å². The second-order valence-electron chi connectivity index (χ2n) is 5.55. The Balaban J connectivity index is 1.71. The minimum atomic E-state index is -0.238. The minimum absolute atomic E-state index is 0.238. The summed E-state index contributed by atoms with van der Waals surface area (Å²) >= 11 is 0. The van der Waals surface area contributed by atoms with Gasteiger partial charge in [-0.15, -0.1) is 0 Å². The molecule has 3 aromatic rings. The Morgan fingerprint density at radius 2 is 1.96 bits per heavy atom. The van der Waals surface area contributed by atoms with Crippen LogP contribution in [-0.2, 0) is 0 Å². The number of hydrazone groups is 1. The first kappa shape index (κ1) is 16.5. The molecule has 0 bridgehead atoms. The van der Waals surface area contributed by atoms with Crippen molar-refractivity contribution in [2.75, 3.05) is 0 Å². The Labute approximate surface area is 146 Å². The predicted octanol–water partition coefficient (Wildman–Crippen LogP) is 4.12. The maximum atomic E-state index is 12.4. The number of nitrogens with zero attached hydrogens (tertiary/aromatic N) is 2. The number of para-hydroxylation sites is 1. The van der Waals surface area contributed by atoms with Crippen molar-refractivity contribution in [3.63, 3.8) is 0 Å². The molecule has 3 rings (SSSR count). The summed E-state index contributed by atoms with van der Waals surface area (Å²) in [6, 6.07) is 15.5. The van der Waals surface area contributed by atoms with E-state index in [0.29, 0.717) is 5.56 Å². The highest BCUT2D eigenvalue weighted by Crippen LogP contribution is 2.20. The number of furan rings is 1. The normalized spacial score (nSPS) is 11.4. The van der Waals surface area contributed by atoms with Crippen LogP contribution in [0.1, 0.15) is 27.5 Å². The van der Waals surface area contributed by atoms with Gasteiger partial charge in [0.05, 0.1) is 11.8 Å². The molecule has 0 atom stereocenters. The van der Waals surface area contributed by atoms with Crippen molar-refractivity contribution in [3.8, 4) is 5.69 Å². The monoisotopic (exact) mass is 333 g/mol. The Hall–Kier alpha value is -3.34. The highest BCUT2D eigenvalue weighted by molar-refractivity contribution is 5.96. The smallest absolute Gasteiger partial charge is 0.273 e. The van der Waals surface area contributed by atoms with E-state index in [2.05, 4.69) is 15.1 Å². The summed E-state index contributed by atoms with van der Waals surface area (Å²) in [4.78, 5) is 12.4. The van der Waals surface area contributed by atoms with E-state index >= 15 is 0 Å². The number of carbonyl (C=O) groups is 1. The maximum Gasteiger partial charge on any atom is 0.273 e. The van der Waals surface area contributed by atoms with Crippen LogP contribution in [0.25, 0.3) is 11.8 Å². The van der Waals surface area contributed by atoms with Crippen LogP contribution in [0, 0.1) is 13.8 Å². The van der Waals surface area contributed by atoms with Gasteiger partial charge in [0.2, 0.25) is 0 Å². The number of hydrogen-bond acceptors (Lipinski definition) is 3. The second-order valence-corrected chi connectivity index (χ2v) is 5.55. The van der Waals surface area contributed by atoms with E-state index in [0.717, 1.165) is 22.8 Å². The fraction of sp³-hybridized carbons (Fsp3) is 0.100. The number of carbonyl (C=O) groups excluding carboxylic acids is 1. The third kappa shape index (κ3) is 3.77. The average molecular weight is 333 g/mol. The first-order valence-electron chi connectivity index (χ1n) is 7.95. The van der Waals surface area contributed by atoms with Crippen molar-refractivity contribution >= 4 is 18.2 Å². The quantitative estimate of drug-likeness (QED) is 0.564. The van der Waals surface area contributed by atoms with Crippen molar-refractivity contribution in [3.05, 3.63) is 83.6 Å². The van der Waals surface area contributed by atoms with Crippen LogP contribution in [0.5, 0.6) is 0 Å². The third-order valence-corrected chi connectivity index (χ3v) is 3.82. The lowest BCUT2D eigenvalue weighted by Gasteiger charge is -2.09. The highest BCUT2D eigenvalue weighted by atomic mass is 16.3. The number of amides is 1. The number of aryl methyl sites for hydroxylation is 1. The molecule has 0 aliphatic heterocycles. The molecule has 1 aromatic carbocycles. The first-order chi connectivity index (χ1) is 12.2. The summed E-state index contributed by atoms with van der Waals surface area (Å²) < 4.78 is 7.22. The standard InChI is InChI=1S/C20H19N3O2/c1-15-14-19(16(2)23(15)17-8-4-3-5-9-17)20(24)22-21-12-6-10-18-11-7-13-25-18/h3-14H,1-2H3,(H,22,24)/b10-6+,21-12+. The van der Waals surface area contributed by atoms with Gasteiger partial charge in [-0.3, -0.25) is 4.79 Å². The summed E-state index contributed by atoms with van der Waals surface area (Å²) in [6.45, 7) is 3.90. The number of rotatable bonds is 5. The molecule has 0 aliphatic rings. The van der Waals surface area contributed by atoms with E-state index in [1.54, 1.807) is 24.5 Å². The molecular formula is C20H19N3O2. The van der Waals surface area contributed by atoms with Crippen LogP contribution in [0.2, 0.25) is 0 Å². The number of benzene rings is 1. The van der Waals surface area contributed by atoms with Crippen LogP contribution in [-0.4, -0.2) is 16.7 Å². The molecule has 5 nitrogen and oxygen atoms in total. The minimum Gasteiger partial charge on any atom is -0.465 e. The van der Waals surface area contributed by atoms with Crippen LogP contribution in [0.4, 0.5) is 0 Å². The zero-order chi connectivity index (χ0) is 17.6. The van der Waals surface area contributed by atoms with Crippen molar-refractivity contribution in [2.45, 2.75) is 13.8 Å². The topological polar surface area (TPSA) is 59.5 Å². The summed E-state index contributed by atoms with van der Waals surface area (Å²) in [6.07, 6.45) is 6.57. The van der Waals surface area contributed by atoms with Crippen LogP contribution in [0.15, 0.2) is 70.4 Å². The largest absolute Gasteiger partial charge is 0.465 e. The molecule has 1 N–H and O–H groups in total. The molecule has 0 saturated carbocycles. The Morgan fingerprint density at radius 1 is 1.16 bits per heavy atom. The van der Waals surface area contributed by atoms with Crippen LogP contribution in [0.3, 0.4) is 0 Å². The SMILES string of the molecule is Cc1cc(C(=O)N/N=C/C=C/c2ccco2)c(C)n1-c1ccccc1. The predicted molar refractivity (Wildman–Crippen MR) is 98.9 cm³/mol. The van der Waals surface area contributed by atoms with Gasteiger partial charge in [-0.25, -0.2) is 5.43 Å². The van der Waals surface area contributed by atoms with E-state index in [9.17, 15) is 4.79 Å². The van der Waals surface area contributed by atoms with Crippen molar-refractivity contribution in [2.24, 2.45) is 5.10 Å². The zero-order valence-corrected chi connectivity index (χ0v) is 14.1. The summed E-state index contributed by atoms with van der Waals surface area (Å²) in [5.74, 6) is 0.488. The molecular weight excluding hydrogens is 314 g/mol. The van der Waals surface area contributed by atoms with E-state index in [1.807, 2.05) is 56.3 Å². The van der Waals surface area contributed by atoms with Crippen molar-refractivity contribution in [1.29, 1.82) is 0 Å². The maximum absolute atomic E-state index is 12.4. The number of allylic oxidation sites excluding steroid dienone is 1. The summed E-state index contributed by atoms with van der Waals surface area (Å²) in [5, 5.41) is 3.94. The third-order valence-electron chi connectivity index (χ3n) is 3.82. The van der Waals surface area contributed by atoms with E-state index in [4.69, 9.17) is 4.42 Å². The molecule has 0 saturated heterocycles. The Kier molecular flexibility index (Phi) is 4.95. The van der Waals surface area contributed by atoms with Gasteiger partial charge in [-0.05, 0) is 56.3 Å². The molecule has 5 heteroatoms. The zero-order valence-electron chi connectivity index (χ0n) is 14.1. The van der Waals surface area contributed by atoms with E-state index in [-0.39, 0.29) is 5.91 Å². The lowest BCUT2D eigenvalue weighted by Crippen LogP contribution is -2.18. The van der Waals surface area contributed by atoms with E-state index < -0.39 is 0 Å². The first-order valence-corrected chi connectivity index (χ1v) is 7.95. The number of aromatic nitrogens is 1. The van der Waals surface area contributed by atoms with Gasteiger partial charge < -0.3 is 8.98 Å². The molecule has 0 unspecified atom stereocenters. The number of nitrogens with one attached hydrogen (secondary N) is 1.